The summed E-state index contributed by atoms with van der Waals surface area (Å²) >= 11 is 0. The van der Waals surface area contributed by atoms with Crippen LogP contribution in [0.3, 0.4) is 0 Å². The number of nitrogens with zero attached hydrogens (tertiary/aromatic N) is 1. The number of nitrogen functional groups attached to an aromatic ring is 1. The van der Waals surface area contributed by atoms with Crippen molar-refractivity contribution < 1.29 is 4.74 Å². The van der Waals surface area contributed by atoms with Crippen molar-refractivity contribution in [1.82, 2.24) is 0 Å². The average molecular weight is 224 g/mol. The van der Waals surface area contributed by atoms with Crippen molar-refractivity contribution in [3.63, 3.8) is 0 Å². The number of nitrogens with two attached hydrogens (primary N) is 1. The second kappa shape index (κ2) is 4.58. The van der Waals surface area contributed by atoms with Gasteiger partial charge >= 0.3 is 0 Å². The summed E-state index contributed by atoms with van der Waals surface area (Å²) in [5, 5.41) is 8.79. The summed E-state index contributed by atoms with van der Waals surface area (Å²) in [6.07, 6.45) is 0. The molecular weight excluding hydrogens is 212 g/mol. The maximum absolute atomic E-state index is 8.79. The molecule has 0 atom stereocenters. The Hall–Kier alpha value is -2.47. The first kappa shape index (κ1) is 11.0. The second-order valence-electron chi connectivity index (χ2n) is 3.78. The summed E-state index contributed by atoms with van der Waals surface area (Å²) < 4.78 is 5.63. The summed E-state index contributed by atoms with van der Waals surface area (Å²) in [5.41, 5.74) is 8.09. The SMILES string of the molecule is Cc1ccc(Oc2cccc(C#N)c2)c(N)c1. The minimum Gasteiger partial charge on any atom is -0.455 e. The molecule has 0 heterocycles. The number of hydrogen-bond acceptors (Lipinski definition) is 3. The van der Waals surface area contributed by atoms with Crippen molar-refractivity contribution in [1.29, 1.82) is 5.26 Å². The van der Waals surface area contributed by atoms with Crippen molar-refractivity contribution in [2.24, 2.45) is 0 Å². The summed E-state index contributed by atoms with van der Waals surface area (Å²) in [6.45, 7) is 1.97. The van der Waals surface area contributed by atoms with Crippen LogP contribution in [0.4, 0.5) is 5.69 Å². The fourth-order valence-electron chi connectivity index (χ4n) is 1.52. The van der Waals surface area contributed by atoms with Crippen molar-refractivity contribution in [2.75, 3.05) is 5.73 Å². The van der Waals surface area contributed by atoms with Crippen LogP contribution in [-0.4, -0.2) is 0 Å². The van der Waals surface area contributed by atoms with Crippen molar-refractivity contribution in [3.8, 4) is 17.6 Å². The molecule has 0 radical (unpaired) electrons. The highest BCUT2D eigenvalue weighted by atomic mass is 16.5. The van der Waals surface area contributed by atoms with Crippen LogP contribution in [0.25, 0.3) is 0 Å². The summed E-state index contributed by atoms with van der Waals surface area (Å²) in [5.74, 6) is 1.21. The summed E-state index contributed by atoms with van der Waals surface area (Å²) in [4.78, 5) is 0. The van der Waals surface area contributed by atoms with Crippen LogP contribution in [0.2, 0.25) is 0 Å². The molecule has 17 heavy (non-hydrogen) atoms. The van der Waals surface area contributed by atoms with Crippen LogP contribution in [0, 0.1) is 18.3 Å². The van der Waals surface area contributed by atoms with Crippen LogP contribution in [-0.2, 0) is 0 Å². The Bertz CT molecular complexity index is 585. The minimum absolute atomic E-state index is 0.563. The molecule has 2 rings (SSSR count). The predicted octanol–water partition coefficient (Wildman–Crippen LogP) is 3.24. The number of aryl methyl sites for hydroxylation is 1. The Labute approximate surface area is 100 Å². The van der Waals surface area contributed by atoms with Gasteiger partial charge in [-0.3, -0.25) is 0 Å². The average Bonchev–Trinajstić information content (AvgIpc) is 2.33. The van der Waals surface area contributed by atoms with Crippen LogP contribution >= 0.6 is 0 Å². The van der Waals surface area contributed by atoms with E-state index in [-0.39, 0.29) is 0 Å². The molecule has 0 fully saturated rings. The first-order chi connectivity index (χ1) is 8.19. The molecule has 3 heteroatoms. The van der Waals surface area contributed by atoms with Gasteiger partial charge < -0.3 is 10.5 Å². The molecule has 0 unspecified atom stereocenters. The van der Waals surface area contributed by atoms with E-state index in [9.17, 15) is 0 Å². The van der Waals surface area contributed by atoms with Gasteiger partial charge in [0.25, 0.3) is 0 Å². The van der Waals surface area contributed by atoms with Crippen LogP contribution in [0.15, 0.2) is 42.5 Å². The number of hydrogen-bond donors (Lipinski definition) is 1. The number of nitriles is 1. The van der Waals surface area contributed by atoms with E-state index in [1.165, 1.54) is 0 Å². The zero-order valence-corrected chi connectivity index (χ0v) is 9.47. The summed E-state index contributed by atoms with van der Waals surface area (Å²) in [7, 11) is 0. The number of rotatable bonds is 2. The Morgan fingerprint density at radius 2 is 2.00 bits per heavy atom. The Kier molecular flexibility index (Phi) is 2.97. The lowest BCUT2D eigenvalue weighted by atomic mass is 10.2. The molecule has 0 aliphatic rings. The molecular formula is C14H12N2O. The standard InChI is InChI=1S/C14H12N2O/c1-10-5-6-14(13(16)7-10)17-12-4-2-3-11(8-12)9-15/h2-8H,16H2,1H3. The van der Waals surface area contributed by atoms with Gasteiger partial charge in [-0.25, -0.2) is 0 Å². The van der Waals surface area contributed by atoms with Gasteiger partial charge in [0.1, 0.15) is 11.5 Å². The highest BCUT2D eigenvalue weighted by Gasteiger charge is 2.02. The largest absolute Gasteiger partial charge is 0.455 e. The zero-order chi connectivity index (χ0) is 12.3. The highest BCUT2D eigenvalue weighted by Crippen LogP contribution is 2.28. The Balaban J connectivity index is 2.28. The third-order valence-electron chi connectivity index (χ3n) is 2.36. The molecule has 0 bridgehead atoms. The number of ether oxygens (including phenoxy) is 1. The first-order valence-corrected chi connectivity index (χ1v) is 5.23. The van der Waals surface area contributed by atoms with Gasteiger partial charge in [-0.15, -0.1) is 0 Å². The monoisotopic (exact) mass is 224 g/mol. The Morgan fingerprint density at radius 3 is 2.71 bits per heavy atom. The topological polar surface area (TPSA) is 59.0 Å². The van der Waals surface area contributed by atoms with E-state index in [1.54, 1.807) is 24.3 Å². The molecule has 0 aliphatic heterocycles. The van der Waals surface area contributed by atoms with Gasteiger partial charge in [0.15, 0.2) is 0 Å². The van der Waals surface area contributed by atoms with Crippen molar-refractivity contribution in [2.45, 2.75) is 6.92 Å². The van der Waals surface area contributed by atoms with E-state index >= 15 is 0 Å². The van der Waals surface area contributed by atoms with Crippen molar-refractivity contribution in [3.05, 3.63) is 53.6 Å². The van der Waals surface area contributed by atoms with Crippen LogP contribution < -0.4 is 10.5 Å². The molecule has 0 spiro atoms. The third-order valence-corrected chi connectivity index (χ3v) is 2.36. The summed E-state index contributed by atoms with van der Waals surface area (Å²) in [6, 6.07) is 14.6. The van der Waals surface area contributed by atoms with E-state index in [4.69, 9.17) is 15.7 Å². The van der Waals surface area contributed by atoms with Gasteiger partial charge in [0.2, 0.25) is 0 Å². The van der Waals surface area contributed by atoms with Gasteiger partial charge in [-0.05, 0) is 42.8 Å². The maximum atomic E-state index is 8.79. The molecule has 2 N–H and O–H groups in total. The second-order valence-corrected chi connectivity index (χ2v) is 3.78. The van der Waals surface area contributed by atoms with Gasteiger partial charge in [-0.1, -0.05) is 12.1 Å². The lowest BCUT2D eigenvalue weighted by molar-refractivity contribution is 0.485. The maximum Gasteiger partial charge on any atom is 0.150 e. The molecule has 0 saturated carbocycles. The molecule has 0 saturated heterocycles. The first-order valence-electron chi connectivity index (χ1n) is 5.23. The van der Waals surface area contributed by atoms with Gasteiger partial charge in [-0.2, -0.15) is 5.26 Å². The smallest absolute Gasteiger partial charge is 0.150 e. The molecule has 0 aliphatic carbocycles. The molecule has 3 nitrogen and oxygen atoms in total. The molecule has 0 amide bonds. The normalized spacial score (nSPS) is 9.65. The van der Waals surface area contributed by atoms with E-state index in [2.05, 4.69) is 6.07 Å². The number of anilines is 1. The fourth-order valence-corrected chi connectivity index (χ4v) is 1.52. The van der Waals surface area contributed by atoms with E-state index in [0.717, 1.165) is 5.56 Å². The molecule has 84 valence electrons. The number of benzene rings is 2. The molecule has 2 aromatic rings. The van der Waals surface area contributed by atoms with Gasteiger partial charge in [0.05, 0.1) is 17.3 Å². The minimum atomic E-state index is 0.563. The van der Waals surface area contributed by atoms with Gasteiger partial charge in [0, 0.05) is 0 Å². The predicted molar refractivity (Wildman–Crippen MR) is 66.8 cm³/mol. The zero-order valence-electron chi connectivity index (χ0n) is 9.47. The fraction of sp³-hybridized carbons (Fsp3) is 0.0714. The lowest BCUT2D eigenvalue weighted by Gasteiger charge is -2.09. The van der Waals surface area contributed by atoms with E-state index in [1.807, 2.05) is 25.1 Å². The van der Waals surface area contributed by atoms with Crippen LogP contribution in [0.1, 0.15) is 11.1 Å². The van der Waals surface area contributed by atoms with Crippen molar-refractivity contribution >= 4 is 5.69 Å². The highest BCUT2D eigenvalue weighted by molar-refractivity contribution is 5.55. The van der Waals surface area contributed by atoms with E-state index in [0.29, 0.717) is 22.7 Å². The molecule has 0 aromatic heterocycles. The third kappa shape index (κ3) is 2.56. The molecule has 2 aromatic carbocycles. The quantitative estimate of drug-likeness (QED) is 0.796. The van der Waals surface area contributed by atoms with E-state index < -0.39 is 0 Å². The Morgan fingerprint density at radius 1 is 1.18 bits per heavy atom. The lowest BCUT2D eigenvalue weighted by Crippen LogP contribution is -1.92. The van der Waals surface area contributed by atoms with Crippen LogP contribution in [0.5, 0.6) is 11.5 Å².